The van der Waals surface area contributed by atoms with Crippen LogP contribution in [0.5, 0.6) is 0 Å². The first-order valence-electron chi connectivity index (χ1n) is 8.09. The number of aliphatic hydroxyl groups is 1. The van der Waals surface area contributed by atoms with Crippen molar-refractivity contribution in [2.75, 3.05) is 56.3 Å². The van der Waals surface area contributed by atoms with E-state index in [1.165, 1.54) is 12.6 Å². The van der Waals surface area contributed by atoms with E-state index in [1.807, 2.05) is 25.1 Å². The van der Waals surface area contributed by atoms with Crippen LogP contribution in [0.25, 0.3) is 0 Å². The Morgan fingerprint density at radius 2 is 1.92 bits per heavy atom. The molecule has 2 fully saturated rings. The lowest BCUT2D eigenvalue weighted by Gasteiger charge is -2.39. The van der Waals surface area contributed by atoms with Crippen molar-refractivity contribution in [1.29, 1.82) is 0 Å². The van der Waals surface area contributed by atoms with E-state index in [4.69, 9.17) is 0 Å². The average molecular weight is 355 g/mol. The number of hydrogen-bond acceptors (Lipinski definition) is 8. The number of aliphatic hydroxyl groups excluding tert-OH is 1. The molecule has 0 bridgehead atoms. The van der Waals surface area contributed by atoms with Gasteiger partial charge in [-0.15, -0.1) is 0 Å². The monoisotopic (exact) mass is 355 g/mol. The molecule has 2 saturated heterocycles. The minimum Gasteiger partial charge on any atom is -0.391 e. The Morgan fingerprint density at radius 1 is 1.25 bits per heavy atom. The standard InChI is InChI=1S/C15H25N5O3S/c1-18(2)6-11-4-12(21)7-20(11)15-5-14(16-10-17-15)19-8-13(9-19)24(3,22)23/h5,10-13,21H,4,6-9H2,1-3H3/t11-,12-/m1/s1. The van der Waals surface area contributed by atoms with Crippen molar-refractivity contribution in [3.05, 3.63) is 12.4 Å². The zero-order valence-electron chi connectivity index (χ0n) is 14.3. The number of sulfone groups is 1. The average Bonchev–Trinajstić information content (AvgIpc) is 2.75. The summed E-state index contributed by atoms with van der Waals surface area (Å²) in [7, 11) is 1.03. The molecule has 24 heavy (non-hydrogen) atoms. The van der Waals surface area contributed by atoms with Crippen molar-refractivity contribution >= 4 is 21.5 Å². The molecule has 0 aliphatic carbocycles. The summed E-state index contributed by atoms with van der Waals surface area (Å²) in [6.07, 6.45) is 3.15. The lowest BCUT2D eigenvalue weighted by Crippen LogP contribution is -2.54. The first-order valence-corrected chi connectivity index (χ1v) is 10.0. The zero-order chi connectivity index (χ0) is 17.5. The molecule has 0 saturated carbocycles. The smallest absolute Gasteiger partial charge is 0.153 e. The Hall–Kier alpha value is -1.45. The maximum absolute atomic E-state index is 11.5. The molecule has 2 aliphatic rings. The maximum atomic E-state index is 11.5. The van der Waals surface area contributed by atoms with E-state index < -0.39 is 9.84 Å². The van der Waals surface area contributed by atoms with E-state index in [0.29, 0.717) is 19.6 Å². The van der Waals surface area contributed by atoms with Gasteiger partial charge in [-0.3, -0.25) is 0 Å². The van der Waals surface area contributed by atoms with E-state index in [2.05, 4.69) is 19.8 Å². The van der Waals surface area contributed by atoms with Crippen molar-refractivity contribution in [2.45, 2.75) is 23.8 Å². The van der Waals surface area contributed by atoms with Gasteiger partial charge in [-0.05, 0) is 20.5 Å². The first-order chi connectivity index (χ1) is 11.2. The van der Waals surface area contributed by atoms with E-state index in [9.17, 15) is 13.5 Å². The van der Waals surface area contributed by atoms with Crippen LogP contribution in [0.15, 0.2) is 12.4 Å². The quantitative estimate of drug-likeness (QED) is 0.735. The van der Waals surface area contributed by atoms with Crippen molar-refractivity contribution in [3.8, 4) is 0 Å². The predicted molar refractivity (Wildman–Crippen MR) is 93.2 cm³/mol. The molecule has 0 spiro atoms. The van der Waals surface area contributed by atoms with Gasteiger partial charge >= 0.3 is 0 Å². The molecule has 8 nitrogen and oxygen atoms in total. The molecule has 0 unspecified atom stereocenters. The van der Waals surface area contributed by atoms with Crippen molar-refractivity contribution in [3.63, 3.8) is 0 Å². The molecule has 0 radical (unpaired) electrons. The van der Waals surface area contributed by atoms with Gasteiger partial charge in [0.1, 0.15) is 18.0 Å². The van der Waals surface area contributed by atoms with Gasteiger partial charge in [-0.2, -0.15) is 0 Å². The summed E-state index contributed by atoms with van der Waals surface area (Å²) in [5, 5.41) is 9.71. The number of rotatable bonds is 5. The molecule has 2 atom stereocenters. The van der Waals surface area contributed by atoms with Crippen LogP contribution in [0.1, 0.15) is 6.42 Å². The number of β-amino-alcohol motifs (C(OH)–C–C–N with tert-alkyl or cyclic N) is 1. The van der Waals surface area contributed by atoms with E-state index in [-0.39, 0.29) is 17.4 Å². The van der Waals surface area contributed by atoms with Gasteiger partial charge in [0, 0.05) is 44.5 Å². The molecule has 3 heterocycles. The molecular weight excluding hydrogens is 330 g/mol. The van der Waals surface area contributed by atoms with Crippen molar-refractivity contribution in [1.82, 2.24) is 14.9 Å². The highest BCUT2D eigenvalue weighted by Crippen LogP contribution is 2.29. The van der Waals surface area contributed by atoms with Gasteiger partial charge in [0.05, 0.1) is 11.4 Å². The van der Waals surface area contributed by atoms with E-state index in [1.54, 1.807) is 0 Å². The third-order valence-electron chi connectivity index (χ3n) is 4.68. The fourth-order valence-corrected chi connectivity index (χ4v) is 4.23. The van der Waals surface area contributed by atoms with Gasteiger partial charge in [-0.1, -0.05) is 0 Å². The van der Waals surface area contributed by atoms with Crippen LogP contribution >= 0.6 is 0 Å². The predicted octanol–water partition coefficient (Wildman–Crippen LogP) is -0.789. The highest BCUT2D eigenvalue weighted by atomic mass is 32.2. The van der Waals surface area contributed by atoms with Crippen molar-refractivity contribution in [2.24, 2.45) is 0 Å². The molecule has 0 aromatic carbocycles. The number of hydrogen-bond donors (Lipinski definition) is 1. The SMILES string of the molecule is CN(C)C[C@H]1C[C@@H](O)CN1c1cc(N2CC(S(C)(=O)=O)C2)ncn1. The van der Waals surface area contributed by atoms with E-state index in [0.717, 1.165) is 24.6 Å². The second-order valence-electron chi connectivity index (χ2n) is 7.05. The summed E-state index contributed by atoms with van der Waals surface area (Å²) < 4.78 is 23.1. The number of nitrogens with zero attached hydrogens (tertiary/aromatic N) is 5. The second-order valence-corrected chi connectivity index (χ2v) is 9.37. The number of likely N-dealkylation sites (N-methyl/N-ethyl adjacent to an activating group) is 1. The Bertz CT molecular complexity index is 690. The third kappa shape index (κ3) is 3.62. The maximum Gasteiger partial charge on any atom is 0.153 e. The van der Waals surface area contributed by atoms with Crippen molar-refractivity contribution < 1.29 is 13.5 Å². The molecule has 1 N–H and O–H groups in total. The van der Waals surface area contributed by atoms with Gasteiger partial charge in [0.2, 0.25) is 0 Å². The van der Waals surface area contributed by atoms with Crippen LogP contribution in [0.2, 0.25) is 0 Å². The molecule has 9 heteroatoms. The first kappa shape index (κ1) is 17.4. The fraction of sp³-hybridized carbons (Fsp3) is 0.733. The molecule has 1 aromatic rings. The van der Waals surface area contributed by atoms with Gasteiger partial charge < -0.3 is 19.8 Å². The van der Waals surface area contributed by atoms with Crippen LogP contribution < -0.4 is 9.80 Å². The summed E-state index contributed by atoms with van der Waals surface area (Å²) in [4.78, 5) is 14.8. The summed E-state index contributed by atoms with van der Waals surface area (Å²) in [6, 6.07) is 2.09. The minimum absolute atomic E-state index is 0.206. The highest BCUT2D eigenvalue weighted by molar-refractivity contribution is 7.91. The lowest BCUT2D eigenvalue weighted by molar-refractivity contribution is 0.191. The Balaban J connectivity index is 1.74. The second kappa shape index (κ2) is 6.45. The zero-order valence-corrected chi connectivity index (χ0v) is 15.1. The molecule has 3 rings (SSSR count). The molecule has 134 valence electrons. The summed E-state index contributed by atoms with van der Waals surface area (Å²) in [5.74, 6) is 1.52. The molecule has 1 aromatic heterocycles. The normalized spacial score (nSPS) is 25.4. The molecule has 0 amide bonds. The lowest BCUT2D eigenvalue weighted by atomic mass is 10.2. The topological polar surface area (TPSA) is 89.9 Å². The van der Waals surface area contributed by atoms with Gasteiger partial charge in [-0.25, -0.2) is 18.4 Å². The van der Waals surface area contributed by atoms with Crippen LogP contribution in [-0.2, 0) is 9.84 Å². The summed E-state index contributed by atoms with van der Waals surface area (Å²) in [5.41, 5.74) is 0. The van der Waals surface area contributed by atoms with Crippen LogP contribution in [-0.4, -0.2) is 92.3 Å². The minimum atomic E-state index is -3.00. The largest absolute Gasteiger partial charge is 0.391 e. The fourth-order valence-electron chi connectivity index (χ4n) is 3.33. The number of anilines is 2. The third-order valence-corrected chi connectivity index (χ3v) is 6.19. The van der Waals surface area contributed by atoms with Crippen LogP contribution in [0.3, 0.4) is 0 Å². The Labute approximate surface area is 143 Å². The highest BCUT2D eigenvalue weighted by Gasteiger charge is 2.36. The van der Waals surface area contributed by atoms with Gasteiger partial charge in [0.25, 0.3) is 0 Å². The molecular formula is C15H25N5O3S. The van der Waals surface area contributed by atoms with Gasteiger partial charge in [0.15, 0.2) is 9.84 Å². The van der Waals surface area contributed by atoms with E-state index >= 15 is 0 Å². The van der Waals surface area contributed by atoms with Crippen LogP contribution in [0.4, 0.5) is 11.6 Å². The van der Waals surface area contributed by atoms with Crippen LogP contribution in [0, 0.1) is 0 Å². The Morgan fingerprint density at radius 3 is 2.54 bits per heavy atom. The molecule has 2 aliphatic heterocycles. The number of aromatic nitrogens is 2. The summed E-state index contributed by atoms with van der Waals surface area (Å²) >= 11 is 0. The summed E-state index contributed by atoms with van der Waals surface area (Å²) in [6.45, 7) is 2.34. The Kier molecular flexibility index (Phi) is 4.67.